The fourth-order valence-electron chi connectivity index (χ4n) is 2.12. The zero-order chi connectivity index (χ0) is 18.7. The molecule has 2 aromatic carbocycles. The molecule has 0 aliphatic rings. The Hall–Kier alpha value is -3.06. The van der Waals surface area contributed by atoms with E-state index in [4.69, 9.17) is 11.6 Å². The average molecular weight is 378 g/mol. The van der Waals surface area contributed by atoms with Gasteiger partial charge in [-0.25, -0.2) is 18.2 Å². The number of benzene rings is 2. The van der Waals surface area contributed by atoms with Gasteiger partial charge in [0.05, 0.1) is 22.6 Å². The zero-order valence-corrected chi connectivity index (χ0v) is 13.8. The van der Waals surface area contributed by atoms with E-state index in [1.807, 2.05) is 0 Å². The zero-order valence-electron chi connectivity index (χ0n) is 13.1. The Morgan fingerprint density at radius 3 is 2.35 bits per heavy atom. The van der Waals surface area contributed by atoms with E-state index in [9.17, 15) is 18.0 Å². The van der Waals surface area contributed by atoms with Crippen molar-refractivity contribution in [2.75, 3.05) is 10.6 Å². The molecule has 0 bridgehead atoms. The van der Waals surface area contributed by atoms with Crippen LogP contribution >= 0.6 is 11.6 Å². The van der Waals surface area contributed by atoms with Crippen LogP contribution in [0, 0.1) is 17.5 Å². The molecule has 0 unspecified atom stereocenters. The number of halogens is 4. The second kappa shape index (κ2) is 7.45. The number of pyridine rings is 1. The molecule has 2 N–H and O–H groups in total. The number of aromatic nitrogens is 1. The molecule has 3 rings (SSSR count). The molecular weight excluding hydrogens is 367 g/mol. The number of carbonyl (C=O) groups is 1. The fraction of sp³-hybridized carbons (Fsp3) is 0. The van der Waals surface area contributed by atoms with E-state index in [1.54, 1.807) is 0 Å². The van der Waals surface area contributed by atoms with Gasteiger partial charge in [0.15, 0.2) is 0 Å². The van der Waals surface area contributed by atoms with Crippen LogP contribution in [0.3, 0.4) is 0 Å². The predicted octanol–water partition coefficient (Wildman–Crippen LogP) is 5.15. The molecule has 3 aromatic rings. The fourth-order valence-corrected chi connectivity index (χ4v) is 2.30. The van der Waals surface area contributed by atoms with Crippen LogP contribution in [0.4, 0.5) is 30.2 Å². The summed E-state index contributed by atoms with van der Waals surface area (Å²) in [6.07, 6.45) is 1.33. The Bertz CT molecular complexity index is 964. The third kappa shape index (κ3) is 4.12. The largest absolute Gasteiger partial charge is 0.352 e. The highest BCUT2D eigenvalue weighted by molar-refractivity contribution is 6.31. The molecule has 1 aromatic heterocycles. The van der Waals surface area contributed by atoms with Crippen LogP contribution in [0.5, 0.6) is 0 Å². The van der Waals surface area contributed by atoms with Gasteiger partial charge >= 0.3 is 0 Å². The van der Waals surface area contributed by atoms with Gasteiger partial charge in [0, 0.05) is 11.8 Å². The molecule has 132 valence electrons. The Kier molecular flexibility index (Phi) is 5.09. The maximum atomic E-state index is 13.6. The summed E-state index contributed by atoms with van der Waals surface area (Å²) in [7, 11) is 0. The molecule has 8 heteroatoms. The number of amides is 1. The summed E-state index contributed by atoms with van der Waals surface area (Å²) in [5, 5.41) is 5.16. The Morgan fingerprint density at radius 1 is 0.923 bits per heavy atom. The van der Waals surface area contributed by atoms with Gasteiger partial charge in [0.1, 0.15) is 23.1 Å². The summed E-state index contributed by atoms with van der Waals surface area (Å²) in [5.41, 5.74) is 0.901. The van der Waals surface area contributed by atoms with Crippen molar-refractivity contribution >= 4 is 34.6 Å². The number of nitrogens with zero attached hydrogens (tertiary/aromatic N) is 1. The molecule has 0 saturated carbocycles. The van der Waals surface area contributed by atoms with Gasteiger partial charge in [-0.15, -0.1) is 0 Å². The van der Waals surface area contributed by atoms with Crippen molar-refractivity contribution in [3.8, 4) is 0 Å². The van der Waals surface area contributed by atoms with Crippen LogP contribution in [0.1, 0.15) is 10.5 Å². The minimum atomic E-state index is -0.750. The van der Waals surface area contributed by atoms with Crippen molar-refractivity contribution in [1.82, 2.24) is 4.98 Å². The van der Waals surface area contributed by atoms with Gasteiger partial charge in [0.25, 0.3) is 5.91 Å². The molecule has 0 fully saturated rings. The molecule has 0 saturated heterocycles. The number of carbonyl (C=O) groups excluding carboxylic acids is 1. The lowest BCUT2D eigenvalue weighted by Crippen LogP contribution is -2.13. The Balaban J connectivity index is 1.70. The molecule has 1 heterocycles. The van der Waals surface area contributed by atoms with Gasteiger partial charge in [-0.3, -0.25) is 4.79 Å². The first-order valence-electron chi connectivity index (χ1n) is 7.37. The molecule has 0 spiro atoms. The third-order valence-corrected chi connectivity index (χ3v) is 3.67. The summed E-state index contributed by atoms with van der Waals surface area (Å²) >= 11 is 5.66. The van der Waals surface area contributed by atoms with Crippen LogP contribution in [0.2, 0.25) is 5.02 Å². The summed E-state index contributed by atoms with van der Waals surface area (Å²) in [6, 6.07) is 9.85. The average Bonchev–Trinajstić information content (AvgIpc) is 2.61. The van der Waals surface area contributed by atoms with E-state index in [1.165, 1.54) is 36.5 Å². The van der Waals surface area contributed by atoms with Crippen molar-refractivity contribution < 1.29 is 18.0 Å². The maximum Gasteiger partial charge on any atom is 0.274 e. The number of anilines is 3. The number of hydrogen-bond acceptors (Lipinski definition) is 3. The standard InChI is InChI=1S/C18H11ClF3N3O/c19-13-8-11(2-4-14(13)21)25-18(26)17-6-3-12(9-23-17)24-16-5-1-10(20)7-15(16)22/h1-9,24H,(H,25,26). The summed E-state index contributed by atoms with van der Waals surface area (Å²) in [4.78, 5) is 16.1. The minimum absolute atomic E-state index is 0.0753. The van der Waals surface area contributed by atoms with E-state index < -0.39 is 23.4 Å². The Morgan fingerprint density at radius 2 is 1.69 bits per heavy atom. The van der Waals surface area contributed by atoms with Gasteiger partial charge in [-0.05, 0) is 42.5 Å². The van der Waals surface area contributed by atoms with Gasteiger partial charge in [-0.1, -0.05) is 11.6 Å². The topological polar surface area (TPSA) is 54.0 Å². The highest BCUT2D eigenvalue weighted by atomic mass is 35.5. The van der Waals surface area contributed by atoms with Crippen LogP contribution in [0.15, 0.2) is 54.7 Å². The number of rotatable bonds is 4. The van der Waals surface area contributed by atoms with E-state index in [0.717, 1.165) is 18.2 Å². The highest BCUT2D eigenvalue weighted by Crippen LogP contribution is 2.21. The molecule has 0 aliphatic heterocycles. The van der Waals surface area contributed by atoms with E-state index in [0.29, 0.717) is 11.4 Å². The van der Waals surface area contributed by atoms with Crippen LogP contribution in [-0.4, -0.2) is 10.9 Å². The molecule has 0 atom stereocenters. The molecule has 1 amide bonds. The lowest BCUT2D eigenvalue weighted by molar-refractivity contribution is 0.102. The van der Waals surface area contributed by atoms with Crippen molar-refractivity contribution in [3.63, 3.8) is 0 Å². The summed E-state index contributed by atoms with van der Waals surface area (Å²) in [5.74, 6) is -2.54. The lowest BCUT2D eigenvalue weighted by Gasteiger charge is -2.09. The van der Waals surface area contributed by atoms with Gasteiger partial charge in [-0.2, -0.15) is 0 Å². The van der Waals surface area contributed by atoms with Gasteiger partial charge < -0.3 is 10.6 Å². The maximum absolute atomic E-state index is 13.6. The third-order valence-electron chi connectivity index (χ3n) is 3.38. The van der Waals surface area contributed by atoms with E-state index >= 15 is 0 Å². The molecule has 26 heavy (non-hydrogen) atoms. The number of hydrogen-bond donors (Lipinski definition) is 2. The molecule has 4 nitrogen and oxygen atoms in total. The van der Waals surface area contributed by atoms with Crippen molar-refractivity contribution in [2.45, 2.75) is 0 Å². The first-order chi connectivity index (χ1) is 12.4. The predicted molar refractivity (Wildman–Crippen MR) is 93.2 cm³/mol. The number of nitrogens with one attached hydrogen (secondary N) is 2. The van der Waals surface area contributed by atoms with Gasteiger partial charge in [0.2, 0.25) is 0 Å². The smallest absolute Gasteiger partial charge is 0.274 e. The Labute approximate surface area is 151 Å². The van der Waals surface area contributed by atoms with E-state index in [2.05, 4.69) is 15.6 Å². The van der Waals surface area contributed by atoms with E-state index in [-0.39, 0.29) is 16.4 Å². The molecule has 0 aliphatic carbocycles. The lowest BCUT2D eigenvalue weighted by atomic mass is 10.2. The van der Waals surface area contributed by atoms with Crippen molar-refractivity contribution in [1.29, 1.82) is 0 Å². The SMILES string of the molecule is O=C(Nc1ccc(F)c(Cl)c1)c1ccc(Nc2ccc(F)cc2F)cn1. The van der Waals surface area contributed by atoms with Crippen LogP contribution in [0.25, 0.3) is 0 Å². The monoisotopic (exact) mass is 377 g/mol. The van der Waals surface area contributed by atoms with Crippen molar-refractivity contribution in [3.05, 3.63) is 82.9 Å². The first kappa shape index (κ1) is 17.8. The minimum Gasteiger partial charge on any atom is -0.352 e. The summed E-state index contributed by atoms with van der Waals surface area (Å²) in [6.45, 7) is 0. The quantitative estimate of drug-likeness (QED) is 0.661. The summed E-state index contributed by atoms with van der Waals surface area (Å²) < 4.78 is 39.6. The van der Waals surface area contributed by atoms with Crippen LogP contribution < -0.4 is 10.6 Å². The first-order valence-corrected chi connectivity index (χ1v) is 7.75. The normalized spacial score (nSPS) is 10.5. The van der Waals surface area contributed by atoms with Crippen LogP contribution in [-0.2, 0) is 0 Å². The second-order valence-corrected chi connectivity index (χ2v) is 5.67. The van der Waals surface area contributed by atoms with Crippen molar-refractivity contribution in [2.24, 2.45) is 0 Å². The molecule has 0 radical (unpaired) electrons. The highest BCUT2D eigenvalue weighted by Gasteiger charge is 2.10. The molecular formula is C18H11ClF3N3O. The second-order valence-electron chi connectivity index (χ2n) is 5.26.